The van der Waals surface area contributed by atoms with Gasteiger partial charge in [0.25, 0.3) is 0 Å². The predicted molar refractivity (Wildman–Crippen MR) is 93.8 cm³/mol. The minimum absolute atomic E-state index is 0.107. The molecule has 0 aliphatic heterocycles. The third-order valence-corrected chi connectivity index (χ3v) is 4.31. The van der Waals surface area contributed by atoms with Crippen LogP contribution < -0.4 is 5.32 Å². The van der Waals surface area contributed by atoms with Crippen molar-refractivity contribution in [2.24, 2.45) is 0 Å². The van der Waals surface area contributed by atoms with Crippen LogP contribution in [0, 0.1) is 0 Å². The normalized spacial score (nSPS) is 11.5. The van der Waals surface area contributed by atoms with E-state index >= 15 is 0 Å². The Labute approximate surface area is 145 Å². The molecule has 2 rings (SSSR count). The molecule has 1 unspecified atom stereocenters. The molecule has 0 fully saturated rings. The molecule has 0 bridgehead atoms. The number of carbonyl (C=O) groups is 2. The lowest BCUT2D eigenvalue weighted by Gasteiger charge is -2.14. The molecular weight excluding hydrogens is 326 g/mol. The molecule has 2 N–H and O–H groups in total. The van der Waals surface area contributed by atoms with Gasteiger partial charge in [-0.3, -0.25) is 0 Å². The standard InChI is InChI=1S/C18H19NO4S/c20-17(21)16(13-24-12-15-9-5-2-6-10-15)19-18(22)23-11-14-7-3-1-4-8-14/h1-10,16H,11-13H2,(H,19,22)(H,20,21). The number of thioether (sulfide) groups is 1. The molecule has 6 heteroatoms. The summed E-state index contributed by atoms with van der Waals surface area (Å²) in [6.45, 7) is 0.107. The van der Waals surface area contributed by atoms with E-state index in [1.54, 1.807) is 0 Å². The zero-order chi connectivity index (χ0) is 17.2. The zero-order valence-electron chi connectivity index (χ0n) is 13.1. The number of hydrogen-bond acceptors (Lipinski definition) is 4. The molecule has 126 valence electrons. The van der Waals surface area contributed by atoms with E-state index in [0.29, 0.717) is 5.75 Å². The first kappa shape index (κ1) is 17.9. The average Bonchev–Trinajstić information content (AvgIpc) is 2.61. The Kier molecular flexibility index (Phi) is 7.17. The molecule has 24 heavy (non-hydrogen) atoms. The van der Waals surface area contributed by atoms with Crippen molar-refractivity contribution >= 4 is 23.8 Å². The van der Waals surface area contributed by atoms with Crippen molar-refractivity contribution in [3.63, 3.8) is 0 Å². The van der Waals surface area contributed by atoms with Gasteiger partial charge in [0.15, 0.2) is 0 Å². The number of ether oxygens (including phenoxy) is 1. The summed E-state index contributed by atoms with van der Waals surface area (Å²) in [6.07, 6.45) is -0.730. The summed E-state index contributed by atoms with van der Waals surface area (Å²) < 4.78 is 5.05. The molecular formula is C18H19NO4S. The van der Waals surface area contributed by atoms with Crippen LogP contribution in [0.4, 0.5) is 4.79 Å². The van der Waals surface area contributed by atoms with Crippen molar-refractivity contribution in [1.29, 1.82) is 0 Å². The van der Waals surface area contributed by atoms with Crippen LogP contribution in [-0.4, -0.2) is 29.0 Å². The van der Waals surface area contributed by atoms with Gasteiger partial charge in [-0.1, -0.05) is 60.7 Å². The Balaban J connectivity index is 1.75. The van der Waals surface area contributed by atoms with E-state index in [1.807, 2.05) is 60.7 Å². The fourth-order valence-corrected chi connectivity index (χ4v) is 2.96. The predicted octanol–water partition coefficient (Wildman–Crippen LogP) is 3.30. The van der Waals surface area contributed by atoms with Crippen molar-refractivity contribution in [2.45, 2.75) is 18.4 Å². The number of aliphatic carboxylic acids is 1. The minimum Gasteiger partial charge on any atom is -0.480 e. The molecule has 0 saturated carbocycles. The topological polar surface area (TPSA) is 75.6 Å². The van der Waals surface area contributed by atoms with E-state index in [0.717, 1.165) is 11.1 Å². The monoisotopic (exact) mass is 345 g/mol. The molecule has 0 saturated heterocycles. The third-order valence-electron chi connectivity index (χ3n) is 3.20. The third kappa shape index (κ3) is 6.34. The number of carboxylic acid groups (broad SMARTS) is 1. The Morgan fingerprint density at radius 3 is 2.17 bits per heavy atom. The summed E-state index contributed by atoms with van der Waals surface area (Å²) in [6, 6.07) is 18.0. The van der Waals surface area contributed by atoms with Crippen LogP contribution in [0.25, 0.3) is 0 Å². The largest absolute Gasteiger partial charge is 0.480 e. The van der Waals surface area contributed by atoms with E-state index in [-0.39, 0.29) is 12.4 Å². The van der Waals surface area contributed by atoms with Crippen LogP contribution in [0.2, 0.25) is 0 Å². The molecule has 0 aliphatic carbocycles. The van der Waals surface area contributed by atoms with E-state index in [2.05, 4.69) is 5.32 Å². The fourth-order valence-electron chi connectivity index (χ4n) is 1.95. The number of alkyl carbamates (subject to hydrolysis) is 1. The number of amides is 1. The van der Waals surface area contributed by atoms with E-state index in [4.69, 9.17) is 4.74 Å². The number of nitrogens with one attached hydrogen (secondary N) is 1. The number of hydrogen-bond donors (Lipinski definition) is 2. The highest BCUT2D eigenvalue weighted by Gasteiger charge is 2.20. The molecule has 1 atom stereocenters. The van der Waals surface area contributed by atoms with Gasteiger partial charge in [-0.2, -0.15) is 11.8 Å². The van der Waals surface area contributed by atoms with Gasteiger partial charge in [0.2, 0.25) is 0 Å². The molecule has 0 aromatic heterocycles. The van der Waals surface area contributed by atoms with Crippen molar-refractivity contribution in [1.82, 2.24) is 5.32 Å². The lowest BCUT2D eigenvalue weighted by atomic mass is 10.2. The second-order valence-corrected chi connectivity index (χ2v) is 6.13. The zero-order valence-corrected chi connectivity index (χ0v) is 13.9. The summed E-state index contributed by atoms with van der Waals surface area (Å²) in [5, 5.41) is 11.6. The van der Waals surface area contributed by atoms with E-state index in [9.17, 15) is 14.7 Å². The Bertz CT molecular complexity index is 649. The number of benzene rings is 2. The maximum absolute atomic E-state index is 11.8. The maximum atomic E-state index is 11.8. The number of carboxylic acids is 1. The van der Waals surface area contributed by atoms with Crippen LogP contribution in [-0.2, 0) is 21.9 Å². The second kappa shape index (κ2) is 9.62. The fraction of sp³-hybridized carbons (Fsp3) is 0.222. The van der Waals surface area contributed by atoms with Gasteiger partial charge >= 0.3 is 12.1 Å². The average molecular weight is 345 g/mol. The van der Waals surface area contributed by atoms with Gasteiger partial charge in [0.05, 0.1) is 0 Å². The van der Waals surface area contributed by atoms with Crippen LogP contribution >= 0.6 is 11.8 Å². The summed E-state index contributed by atoms with van der Waals surface area (Å²) in [7, 11) is 0. The van der Waals surface area contributed by atoms with Crippen molar-refractivity contribution < 1.29 is 19.4 Å². The Hall–Kier alpha value is -2.47. The summed E-state index contributed by atoms with van der Waals surface area (Å²) >= 11 is 1.45. The van der Waals surface area contributed by atoms with Gasteiger partial charge < -0.3 is 15.2 Å². The molecule has 2 aromatic rings. The highest BCUT2D eigenvalue weighted by Crippen LogP contribution is 2.13. The molecule has 2 aromatic carbocycles. The van der Waals surface area contributed by atoms with Gasteiger partial charge in [0.1, 0.15) is 12.6 Å². The van der Waals surface area contributed by atoms with Crippen molar-refractivity contribution in [3.8, 4) is 0 Å². The summed E-state index contributed by atoms with van der Waals surface area (Å²) in [4.78, 5) is 23.0. The maximum Gasteiger partial charge on any atom is 0.408 e. The Morgan fingerprint density at radius 2 is 1.58 bits per heavy atom. The lowest BCUT2D eigenvalue weighted by molar-refractivity contribution is -0.138. The van der Waals surface area contributed by atoms with Gasteiger partial charge in [-0.05, 0) is 11.1 Å². The summed E-state index contributed by atoms with van der Waals surface area (Å²) in [5.74, 6) is -0.122. The van der Waals surface area contributed by atoms with Crippen LogP contribution in [0.3, 0.4) is 0 Å². The Morgan fingerprint density at radius 1 is 1.00 bits per heavy atom. The quantitative estimate of drug-likeness (QED) is 0.768. The smallest absolute Gasteiger partial charge is 0.408 e. The molecule has 1 amide bonds. The second-order valence-electron chi connectivity index (χ2n) is 5.10. The van der Waals surface area contributed by atoms with E-state index < -0.39 is 18.1 Å². The molecule has 0 spiro atoms. The van der Waals surface area contributed by atoms with Gasteiger partial charge in [-0.15, -0.1) is 0 Å². The van der Waals surface area contributed by atoms with E-state index in [1.165, 1.54) is 11.8 Å². The van der Waals surface area contributed by atoms with Crippen molar-refractivity contribution in [3.05, 3.63) is 71.8 Å². The highest BCUT2D eigenvalue weighted by molar-refractivity contribution is 7.98. The molecule has 0 aliphatic rings. The van der Waals surface area contributed by atoms with Crippen LogP contribution in [0.1, 0.15) is 11.1 Å². The first-order chi connectivity index (χ1) is 11.6. The molecule has 0 heterocycles. The van der Waals surface area contributed by atoms with Gasteiger partial charge in [-0.25, -0.2) is 9.59 Å². The van der Waals surface area contributed by atoms with Crippen molar-refractivity contribution in [2.75, 3.05) is 5.75 Å². The first-order valence-electron chi connectivity index (χ1n) is 7.47. The van der Waals surface area contributed by atoms with Crippen LogP contribution in [0.15, 0.2) is 60.7 Å². The lowest BCUT2D eigenvalue weighted by Crippen LogP contribution is -2.42. The molecule has 0 radical (unpaired) electrons. The number of rotatable bonds is 8. The van der Waals surface area contributed by atoms with Crippen LogP contribution in [0.5, 0.6) is 0 Å². The highest BCUT2D eigenvalue weighted by atomic mass is 32.2. The SMILES string of the molecule is O=C(NC(CSCc1ccccc1)C(=O)O)OCc1ccccc1. The first-order valence-corrected chi connectivity index (χ1v) is 8.62. The van der Waals surface area contributed by atoms with Gasteiger partial charge in [0, 0.05) is 11.5 Å². The number of carbonyl (C=O) groups excluding carboxylic acids is 1. The molecule has 5 nitrogen and oxygen atoms in total. The summed E-state index contributed by atoms with van der Waals surface area (Å²) in [5.41, 5.74) is 1.95. The minimum atomic E-state index is -1.08.